The van der Waals surface area contributed by atoms with Gasteiger partial charge in [-0.15, -0.1) is 0 Å². The van der Waals surface area contributed by atoms with Crippen molar-refractivity contribution in [2.24, 2.45) is 0 Å². The van der Waals surface area contributed by atoms with E-state index in [1.807, 2.05) is 24.4 Å². The summed E-state index contributed by atoms with van der Waals surface area (Å²) in [7, 11) is 0. The van der Waals surface area contributed by atoms with E-state index in [0.29, 0.717) is 12.2 Å². The van der Waals surface area contributed by atoms with Crippen molar-refractivity contribution in [3.8, 4) is 0 Å². The Kier molecular flexibility index (Phi) is 5.58. The summed E-state index contributed by atoms with van der Waals surface area (Å²) >= 11 is 5.71. The van der Waals surface area contributed by atoms with E-state index in [-0.39, 0.29) is 11.1 Å². The number of carbonyl (C=O) groups is 1. The number of carbonyl (C=O) groups excluding carboxylic acids is 1. The number of nitrogens with zero attached hydrogens (tertiary/aromatic N) is 1. The van der Waals surface area contributed by atoms with Gasteiger partial charge in [0, 0.05) is 24.1 Å². The molecular weight excluding hydrogens is 353 g/mol. The van der Waals surface area contributed by atoms with Crippen molar-refractivity contribution in [3.05, 3.63) is 88.5 Å². The minimum Gasteiger partial charge on any atom is -0.345 e. The summed E-state index contributed by atoms with van der Waals surface area (Å²) in [4.78, 5) is 12.0. The highest BCUT2D eigenvalue weighted by molar-refractivity contribution is 6.31. The van der Waals surface area contributed by atoms with Crippen LogP contribution in [0.4, 0.5) is 14.9 Å². The Morgan fingerprint density at radius 1 is 1.15 bits per heavy atom. The molecule has 0 spiro atoms. The van der Waals surface area contributed by atoms with Gasteiger partial charge in [-0.25, -0.2) is 9.18 Å². The SMILES string of the molecule is Cc1cccc(Cn2cccc2CNC(=O)Nc2ccc(F)c(Cl)c2)c1. The number of rotatable bonds is 5. The first-order valence-corrected chi connectivity index (χ1v) is 8.58. The quantitative estimate of drug-likeness (QED) is 0.654. The highest BCUT2D eigenvalue weighted by Crippen LogP contribution is 2.19. The van der Waals surface area contributed by atoms with Crippen molar-refractivity contribution in [2.45, 2.75) is 20.0 Å². The first-order valence-electron chi connectivity index (χ1n) is 8.21. The number of urea groups is 1. The van der Waals surface area contributed by atoms with Crippen LogP contribution in [-0.2, 0) is 13.1 Å². The van der Waals surface area contributed by atoms with Crippen LogP contribution >= 0.6 is 11.6 Å². The molecule has 26 heavy (non-hydrogen) atoms. The summed E-state index contributed by atoms with van der Waals surface area (Å²) in [5, 5.41) is 5.40. The van der Waals surface area contributed by atoms with Crippen LogP contribution in [0.15, 0.2) is 60.8 Å². The van der Waals surface area contributed by atoms with Crippen molar-refractivity contribution < 1.29 is 9.18 Å². The number of halogens is 2. The van der Waals surface area contributed by atoms with Crippen LogP contribution in [0, 0.1) is 12.7 Å². The Morgan fingerprint density at radius 3 is 2.77 bits per heavy atom. The molecule has 0 atom stereocenters. The third kappa shape index (κ3) is 4.64. The number of nitrogens with one attached hydrogen (secondary N) is 2. The minimum atomic E-state index is -0.522. The summed E-state index contributed by atoms with van der Waals surface area (Å²) in [5.41, 5.74) is 3.84. The zero-order valence-corrected chi connectivity index (χ0v) is 15.1. The highest BCUT2D eigenvalue weighted by atomic mass is 35.5. The van der Waals surface area contributed by atoms with Gasteiger partial charge in [-0.3, -0.25) is 0 Å². The zero-order valence-electron chi connectivity index (χ0n) is 14.3. The monoisotopic (exact) mass is 371 g/mol. The molecule has 0 bridgehead atoms. The lowest BCUT2D eigenvalue weighted by Gasteiger charge is -2.12. The molecule has 1 aromatic heterocycles. The highest BCUT2D eigenvalue weighted by Gasteiger charge is 2.07. The average molecular weight is 372 g/mol. The summed E-state index contributed by atoms with van der Waals surface area (Å²) < 4.78 is 15.2. The molecule has 0 radical (unpaired) electrons. The van der Waals surface area contributed by atoms with Gasteiger partial charge in [0.25, 0.3) is 0 Å². The second kappa shape index (κ2) is 8.06. The van der Waals surface area contributed by atoms with Gasteiger partial charge in [-0.05, 0) is 42.8 Å². The van der Waals surface area contributed by atoms with Gasteiger partial charge in [-0.2, -0.15) is 0 Å². The normalized spacial score (nSPS) is 10.6. The lowest BCUT2D eigenvalue weighted by Crippen LogP contribution is -2.29. The van der Waals surface area contributed by atoms with Crippen molar-refractivity contribution in [1.82, 2.24) is 9.88 Å². The van der Waals surface area contributed by atoms with E-state index < -0.39 is 5.82 Å². The van der Waals surface area contributed by atoms with Crippen molar-refractivity contribution in [1.29, 1.82) is 0 Å². The van der Waals surface area contributed by atoms with E-state index in [2.05, 4.69) is 40.3 Å². The summed E-state index contributed by atoms with van der Waals surface area (Å²) in [6, 6.07) is 15.9. The predicted molar refractivity (Wildman–Crippen MR) is 102 cm³/mol. The Balaban J connectivity index is 1.59. The maximum Gasteiger partial charge on any atom is 0.319 e. The number of hydrogen-bond donors (Lipinski definition) is 2. The molecule has 134 valence electrons. The Labute approximate surface area is 156 Å². The van der Waals surface area contributed by atoms with Crippen LogP contribution in [0.25, 0.3) is 0 Å². The lowest BCUT2D eigenvalue weighted by atomic mass is 10.1. The number of amides is 2. The third-order valence-electron chi connectivity index (χ3n) is 3.97. The Hall–Kier alpha value is -2.79. The fourth-order valence-corrected chi connectivity index (χ4v) is 2.87. The van der Waals surface area contributed by atoms with E-state index in [4.69, 9.17) is 11.6 Å². The van der Waals surface area contributed by atoms with Gasteiger partial charge in [0.1, 0.15) is 5.82 Å². The maximum atomic E-state index is 13.2. The van der Waals surface area contributed by atoms with Crippen LogP contribution in [-0.4, -0.2) is 10.6 Å². The number of benzene rings is 2. The molecule has 6 heteroatoms. The van der Waals surface area contributed by atoms with E-state index in [0.717, 1.165) is 12.2 Å². The number of hydrogen-bond acceptors (Lipinski definition) is 1. The molecule has 0 aliphatic carbocycles. The third-order valence-corrected chi connectivity index (χ3v) is 4.26. The largest absolute Gasteiger partial charge is 0.345 e. The number of anilines is 1. The summed E-state index contributed by atoms with van der Waals surface area (Å²) in [6.07, 6.45) is 1.98. The Bertz CT molecular complexity index is 923. The van der Waals surface area contributed by atoms with Crippen LogP contribution in [0.1, 0.15) is 16.8 Å². The molecule has 3 aromatic rings. The molecule has 0 aliphatic heterocycles. The maximum absolute atomic E-state index is 13.2. The zero-order chi connectivity index (χ0) is 18.5. The van der Waals surface area contributed by atoms with Crippen LogP contribution in [0.3, 0.4) is 0 Å². The summed E-state index contributed by atoms with van der Waals surface area (Å²) in [6.45, 7) is 3.17. The smallest absolute Gasteiger partial charge is 0.319 e. The molecule has 0 fully saturated rings. The lowest BCUT2D eigenvalue weighted by molar-refractivity contribution is 0.251. The molecule has 1 heterocycles. The van der Waals surface area contributed by atoms with E-state index in [1.165, 1.54) is 29.3 Å². The molecule has 2 N–H and O–H groups in total. The molecule has 0 unspecified atom stereocenters. The van der Waals surface area contributed by atoms with Crippen molar-refractivity contribution >= 4 is 23.3 Å². The standard InChI is InChI=1S/C20H19ClFN3O/c1-14-4-2-5-15(10-14)13-25-9-3-6-17(25)12-23-20(26)24-16-7-8-19(22)18(21)11-16/h2-11H,12-13H2,1H3,(H2,23,24,26). The van der Waals surface area contributed by atoms with Crippen LogP contribution < -0.4 is 10.6 Å². The molecule has 0 saturated heterocycles. The first kappa shape index (κ1) is 18.0. The molecule has 0 aliphatic rings. The molecular formula is C20H19ClFN3O. The second-order valence-electron chi connectivity index (χ2n) is 6.05. The fraction of sp³-hybridized carbons (Fsp3) is 0.150. The van der Waals surface area contributed by atoms with Gasteiger partial charge in [0.2, 0.25) is 0 Å². The minimum absolute atomic E-state index is 0.0326. The van der Waals surface area contributed by atoms with Crippen molar-refractivity contribution in [2.75, 3.05) is 5.32 Å². The number of aryl methyl sites for hydroxylation is 1. The number of aromatic nitrogens is 1. The second-order valence-corrected chi connectivity index (χ2v) is 6.46. The molecule has 3 rings (SSSR count). The molecule has 4 nitrogen and oxygen atoms in total. The average Bonchev–Trinajstić information content (AvgIpc) is 3.03. The molecule has 0 saturated carbocycles. The van der Waals surface area contributed by atoms with Gasteiger partial charge in [0.05, 0.1) is 11.6 Å². The van der Waals surface area contributed by atoms with Gasteiger partial charge >= 0.3 is 6.03 Å². The summed E-state index contributed by atoms with van der Waals surface area (Å²) in [5.74, 6) is -0.522. The van der Waals surface area contributed by atoms with Crippen LogP contribution in [0.2, 0.25) is 5.02 Å². The topological polar surface area (TPSA) is 46.1 Å². The van der Waals surface area contributed by atoms with Crippen molar-refractivity contribution in [3.63, 3.8) is 0 Å². The van der Waals surface area contributed by atoms with Crippen LogP contribution in [0.5, 0.6) is 0 Å². The van der Waals surface area contributed by atoms with Gasteiger partial charge < -0.3 is 15.2 Å². The molecule has 2 aromatic carbocycles. The van der Waals surface area contributed by atoms with Gasteiger partial charge in [-0.1, -0.05) is 41.4 Å². The Morgan fingerprint density at radius 2 is 2.00 bits per heavy atom. The van der Waals surface area contributed by atoms with E-state index in [9.17, 15) is 9.18 Å². The predicted octanol–water partition coefficient (Wildman–Crippen LogP) is 4.96. The molecule has 2 amide bonds. The van der Waals surface area contributed by atoms with E-state index in [1.54, 1.807) is 0 Å². The van der Waals surface area contributed by atoms with Gasteiger partial charge in [0.15, 0.2) is 0 Å². The fourth-order valence-electron chi connectivity index (χ4n) is 2.69. The van der Waals surface area contributed by atoms with E-state index >= 15 is 0 Å². The first-order chi connectivity index (χ1) is 12.5.